The largest absolute Gasteiger partial charge is 0.342 e. The molecule has 4 heteroatoms. The normalized spacial score (nSPS) is 25.8. The van der Waals surface area contributed by atoms with Crippen molar-refractivity contribution in [3.05, 3.63) is 53.6 Å². The van der Waals surface area contributed by atoms with Crippen LogP contribution in [0.25, 0.3) is 0 Å². The van der Waals surface area contributed by atoms with Gasteiger partial charge in [0.1, 0.15) is 5.82 Å². The highest BCUT2D eigenvalue weighted by atomic mass is 16.2. The maximum atomic E-state index is 13.0. The van der Waals surface area contributed by atoms with Gasteiger partial charge in [0.25, 0.3) is 0 Å². The molecule has 0 radical (unpaired) electrons. The lowest BCUT2D eigenvalue weighted by Crippen LogP contribution is -2.41. The summed E-state index contributed by atoms with van der Waals surface area (Å²) in [5.41, 5.74) is 2.68. The summed E-state index contributed by atoms with van der Waals surface area (Å²) in [6.07, 6.45) is 8.16. The summed E-state index contributed by atoms with van der Waals surface area (Å²) in [5.74, 6) is 2.67. The van der Waals surface area contributed by atoms with Gasteiger partial charge in [-0.05, 0) is 49.1 Å². The molecule has 0 bridgehead atoms. The Hall–Kier alpha value is -2.10. The lowest BCUT2D eigenvalue weighted by molar-refractivity contribution is -0.134. The number of aryl methyl sites for hydroxylation is 2. The van der Waals surface area contributed by atoms with Crippen LogP contribution in [0.5, 0.6) is 0 Å². The Morgan fingerprint density at radius 2 is 2.16 bits per heavy atom. The van der Waals surface area contributed by atoms with Crippen LogP contribution >= 0.6 is 0 Å². The van der Waals surface area contributed by atoms with E-state index in [2.05, 4.69) is 45.6 Å². The van der Waals surface area contributed by atoms with Crippen LogP contribution in [0.2, 0.25) is 0 Å². The number of hydrogen-bond acceptors (Lipinski definition) is 2. The monoisotopic (exact) mass is 337 g/mol. The number of likely N-dealkylation sites (tertiary alicyclic amines) is 1. The van der Waals surface area contributed by atoms with E-state index in [0.717, 1.165) is 38.2 Å². The minimum atomic E-state index is 0.202. The van der Waals surface area contributed by atoms with Crippen LogP contribution in [0.1, 0.15) is 42.1 Å². The van der Waals surface area contributed by atoms with E-state index >= 15 is 0 Å². The zero-order chi connectivity index (χ0) is 17.4. The van der Waals surface area contributed by atoms with Gasteiger partial charge in [0.15, 0.2) is 0 Å². The van der Waals surface area contributed by atoms with E-state index in [0.29, 0.717) is 17.7 Å². The van der Waals surface area contributed by atoms with Crippen LogP contribution in [-0.2, 0) is 18.3 Å². The molecule has 4 nitrogen and oxygen atoms in total. The molecule has 1 aromatic heterocycles. The summed E-state index contributed by atoms with van der Waals surface area (Å²) < 4.78 is 2.09. The molecule has 1 aliphatic carbocycles. The maximum Gasteiger partial charge on any atom is 0.226 e. The van der Waals surface area contributed by atoms with E-state index in [9.17, 15) is 4.79 Å². The summed E-state index contributed by atoms with van der Waals surface area (Å²) >= 11 is 0. The van der Waals surface area contributed by atoms with Gasteiger partial charge in [-0.3, -0.25) is 4.79 Å². The number of carbonyl (C=O) groups is 1. The van der Waals surface area contributed by atoms with Crippen molar-refractivity contribution in [2.45, 2.75) is 38.5 Å². The number of hydrogen-bond donors (Lipinski definition) is 0. The number of piperidine rings is 1. The molecular weight excluding hydrogens is 310 g/mol. The lowest BCUT2D eigenvalue weighted by atomic mass is 9.94. The quantitative estimate of drug-likeness (QED) is 0.858. The van der Waals surface area contributed by atoms with Crippen LogP contribution in [0, 0.1) is 18.8 Å². The number of carbonyl (C=O) groups excluding carboxylic acids is 1. The molecule has 1 saturated heterocycles. The number of amides is 1. The molecule has 2 heterocycles. The highest BCUT2D eigenvalue weighted by Gasteiger charge is 2.46. The molecule has 3 atom stereocenters. The van der Waals surface area contributed by atoms with Crippen molar-refractivity contribution in [1.29, 1.82) is 0 Å². The van der Waals surface area contributed by atoms with Gasteiger partial charge >= 0.3 is 0 Å². The van der Waals surface area contributed by atoms with Gasteiger partial charge in [-0.15, -0.1) is 0 Å². The van der Waals surface area contributed by atoms with Crippen molar-refractivity contribution in [1.82, 2.24) is 14.5 Å². The van der Waals surface area contributed by atoms with Crippen LogP contribution in [0.4, 0.5) is 0 Å². The number of aromatic nitrogens is 2. The Labute approximate surface area is 149 Å². The summed E-state index contributed by atoms with van der Waals surface area (Å²) in [6, 6.07) is 8.50. The third kappa shape index (κ3) is 3.35. The minimum Gasteiger partial charge on any atom is -0.342 e. The van der Waals surface area contributed by atoms with Crippen LogP contribution in [0.3, 0.4) is 0 Å². The zero-order valence-electron chi connectivity index (χ0n) is 15.2. The van der Waals surface area contributed by atoms with Gasteiger partial charge in [0.2, 0.25) is 5.91 Å². The van der Waals surface area contributed by atoms with Gasteiger partial charge in [0.05, 0.1) is 0 Å². The van der Waals surface area contributed by atoms with Crippen molar-refractivity contribution in [2.24, 2.45) is 18.9 Å². The molecule has 1 aromatic carbocycles. The molecule has 25 heavy (non-hydrogen) atoms. The highest BCUT2D eigenvalue weighted by molar-refractivity contribution is 5.83. The fourth-order valence-corrected chi connectivity index (χ4v) is 4.33. The second-order valence-electron chi connectivity index (χ2n) is 7.76. The van der Waals surface area contributed by atoms with Gasteiger partial charge in [0, 0.05) is 44.9 Å². The first kappa shape index (κ1) is 16.4. The second kappa shape index (κ2) is 6.66. The topological polar surface area (TPSA) is 38.1 Å². The smallest absolute Gasteiger partial charge is 0.226 e. The number of imidazole rings is 1. The second-order valence-corrected chi connectivity index (χ2v) is 7.76. The Balaban J connectivity index is 1.38. The zero-order valence-corrected chi connectivity index (χ0v) is 15.2. The Morgan fingerprint density at radius 1 is 1.32 bits per heavy atom. The number of nitrogens with zero attached hydrogens (tertiary/aromatic N) is 3. The third-order valence-electron chi connectivity index (χ3n) is 5.92. The highest BCUT2D eigenvalue weighted by Crippen LogP contribution is 2.49. The van der Waals surface area contributed by atoms with Crippen molar-refractivity contribution in [3.63, 3.8) is 0 Å². The molecule has 0 N–H and O–H groups in total. The van der Waals surface area contributed by atoms with Gasteiger partial charge in [-0.2, -0.15) is 0 Å². The molecule has 1 saturated carbocycles. The van der Waals surface area contributed by atoms with E-state index in [1.54, 1.807) is 0 Å². The Kier molecular flexibility index (Phi) is 4.36. The van der Waals surface area contributed by atoms with Crippen LogP contribution in [-0.4, -0.2) is 33.4 Å². The van der Waals surface area contributed by atoms with Crippen molar-refractivity contribution in [2.75, 3.05) is 13.1 Å². The van der Waals surface area contributed by atoms with E-state index in [1.165, 1.54) is 17.5 Å². The molecular formula is C21H27N3O. The first-order valence-electron chi connectivity index (χ1n) is 9.44. The average molecular weight is 337 g/mol. The molecule has 2 aliphatic rings. The van der Waals surface area contributed by atoms with E-state index in [4.69, 9.17) is 0 Å². The molecule has 1 aliphatic heterocycles. The summed E-state index contributed by atoms with van der Waals surface area (Å²) in [7, 11) is 2.05. The SMILES string of the molecule is Cc1ccccc1C1CC1C(=O)N1CCCC(Cc2nccn2C)C1. The van der Waals surface area contributed by atoms with E-state index in [1.807, 2.05) is 19.4 Å². The fraction of sp³-hybridized carbons (Fsp3) is 0.524. The average Bonchev–Trinajstić information content (AvgIpc) is 3.32. The van der Waals surface area contributed by atoms with Gasteiger partial charge in [-0.25, -0.2) is 4.98 Å². The minimum absolute atomic E-state index is 0.202. The first-order valence-corrected chi connectivity index (χ1v) is 9.44. The Morgan fingerprint density at radius 3 is 2.92 bits per heavy atom. The summed E-state index contributed by atoms with van der Waals surface area (Å²) in [4.78, 5) is 19.5. The Bertz CT molecular complexity index is 766. The summed E-state index contributed by atoms with van der Waals surface area (Å²) in [5, 5.41) is 0. The lowest BCUT2D eigenvalue weighted by Gasteiger charge is -2.33. The van der Waals surface area contributed by atoms with E-state index in [-0.39, 0.29) is 5.92 Å². The molecule has 4 rings (SSSR count). The predicted octanol–water partition coefficient (Wildman–Crippen LogP) is 3.31. The van der Waals surface area contributed by atoms with Crippen molar-refractivity contribution in [3.8, 4) is 0 Å². The van der Waals surface area contributed by atoms with Gasteiger partial charge in [-0.1, -0.05) is 24.3 Å². The maximum absolute atomic E-state index is 13.0. The molecule has 2 aromatic rings. The van der Waals surface area contributed by atoms with Crippen LogP contribution < -0.4 is 0 Å². The fourth-order valence-electron chi connectivity index (χ4n) is 4.33. The van der Waals surface area contributed by atoms with E-state index < -0.39 is 0 Å². The van der Waals surface area contributed by atoms with Crippen molar-refractivity contribution < 1.29 is 4.79 Å². The molecule has 132 valence electrons. The molecule has 2 fully saturated rings. The number of rotatable bonds is 4. The predicted molar refractivity (Wildman–Crippen MR) is 98.2 cm³/mol. The van der Waals surface area contributed by atoms with Gasteiger partial charge < -0.3 is 9.47 Å². The number of benzene rings is 1. The molecule has 3 unspecified atom stereocenters. The summed E-state index contributed by atoms with van der Waals surface area (Å²) in [6.45, 7) is 3.97. The first-order chi connectivity index (χ1) is 12.1. The third-order valence-corrected chi connectivity index (χ3v) is 5.92. The molecule has 0 spiro atoms. The van der Waals surface area contributed by atoms with Crippen molar-refractivity contribution >= 4 is 5.91 Å². The standard InChI is InChI=1S/C21H27N3O/c1-15-6-3-4-8-17(15)18-13-19(18)21(25)24-10-5-7-16(14-24)12-20-22-9-11-23(20)2/h3-4,6,8-9,11,16,18-19H,5,7,10,12-14H2,1-2H3. The van der Waals surface area contributed by atoms with Crippen LogP contribution in [0.15, 0.2) is 36.7 Å². The molecule has 1 amide bonds.